The fourth-order valence-electron chi connectivity index (χ4n) is 1.97. The lowest BCUT2D eigenvalue weighted by Crippen LogP contribution is -2.29. The molecule has 4 heteroatoms. The molecule has 4 nitrogen and oxygen atoms in total. The summed E-state index contributed by atoms with van der Waals surface area (Å²) in [5, 5.41) is 6.13. The molecule has 2 N–H and O–H groups in total. The Labute approximate surface area is 101 Å². The first kappa shape index (κ1) is 11.9. The van der Waals surface area contributed by atoms with Gasteiger partial charge in [-0.15, -0.1) is 0 Å². The van der Waals surface area contributed by atoms with Gasteiger partial charge in [-0.1, -0.05) is 11.6 Å². The second-order valence-corrected chi connectivity index (χ2v) is 4.37. The monoisotopic (exact) mass is 234 g/mol. The van der Waals surface area contributed by atoms with Gasteiger partial charge in [0.1, 0.15) is 5.76 Å². The quantitative estimate of drug-likeness (QED) is 0.780. The summed E-state index contributed by atoms with van der Waals surface area (Å²) in [6.45, 7) is 6.22. The first-order chi connectivity index (χ1) is 8.16. The Hall–Kier alpha value is -1.55. The van der Waals surface area contributed by atoms with Gasteiger partial charge in [0, 0.05) is 18.7 Å². The van der Waals surface area contributed by atoms with Crippen LogP contribution >= 0.6 is 0 Å². The molecule has 0 saturated carbocycles. The molecule has 0 aliphatic carbocycles. The molecule has 0 spiro atoms. The summed E-state index contributed by atoms with van der Waals surface area (Å²) in [6.07, 6.45) is 3.13. The van der Waals surface area contributed by atoms with Gasteiger partial charge >= 0.3 is 0 Å². The zero-order valence-corrected chi connectivity index (χ0v) is 10.3. The molecule has 2 heterocycles. The largest absolute Gasteiger partial charge is 0.456 e. The van der Waals surface area contributed by atoms with Crippen LogP contribution in [-0.2, 0) is 0 Å². The Morgan fingerprint density at radius 3 is 2.94 bits per heavy atom. The van der Waals surface area contributed by atoms with Crippen LogP contribution in [-0.4, -0.2) is 25.5 Å². The highest BCUT2D eigenvalue weighted by atomic mass is 16.3. The molecule has 0 unspecified atom stereocenters. The second-order valence-electron chi connectivity index (χ2n) is 4.37. The van der Waals surface area contributed by atoms with E-state index in [0.717, 1.165) is 30.8 Å². The molecule has 0 radical (unpaired) electrons. The number of nitrogens with one attached hydrogen (secondary N) is 2. The Morgan fingerprint density at radius 1 is 1.53 bits per heavy atom. The Morgan fingerprint density at radius 2 is 2.35 bits per heavy atom. The Bertz CT molecular complexity index is 446. The molecule has 1 aliphatic heterocycles. The number of amides is 1. The lowest BCUT2D eigenvalue weighted by molar-refractivity contribution is 0.0927. The van der Waals surface area contributed by atoms with Crippen LogP contribution in [0.1, 0.15) is 28.3 Å². The van der Waals surface area contributed by atoms with Crippen LogP contribution in [0.5, 0.6) is 0 Å². The van der Waals surface area contributed by atoms with Gasteiger partial charge in [-0.05, 0) is 32.9 Å². The predicted octanol–water partition coefficient (Wildman–Crippen LogP) is 1.55. The second kappa shape index (κ2) is 5.19. The van der Waals surface area contributed by atoms with E-state index < -0.39 is 0 Å². The SMILES string of the molecule is Cc1cc(C)c(C(=O)NCC2=CCNCC2)o1. The van der Waals surface area contributed by atoms with Crippen molar-refractivity contribution in [3.63, 3.8) is 0 Å². The van der Waals surface area contributed by atoms with Crippen LogP contribution in [0.2, 0.25) is 0 Å². The molecule has 17 heavy (non-hydrogen) atoms. The van der Waals surface area contributed by atoms with Crippen molar-refractivity contribution in [3.8, 4) is 0 Å². The number of carbonyl (C=O) groups is 1. The van der Waals surface area contributed by atoms with E-state index in [-0.39, 0.29) is 5.91 Å². The van der Waals surface area contributed by atoms with Gasteiger partial charge in [-0.3, -0.25) is 4.79 Å². The molecule has 1 aromatic heterocycles. The van der Waals surface area contributed by atoms with E-state index in [4.69, 9.17) is 4.42 Å². The molecular formula is C13H18N2O2. The molecule has 92 valence electrons. The fourth-order valence-corrected chi connectivity index (χ4v) is 1.97. The van der Waals surface area contributed by atoms with Crippen LogP contribution < -0.4 is 10.6 Å². The summed E-state index contributed by atoms with van der Waals surface area (Å²) < 4.78 is 5.37. The minimum atomic E-state index is -0.130. The molecule has 1 amide bonds. The number of aryl methyl sites for hydroxylation is 2. The zero-order chi connectivity index (χ0) is 12.3. The number of hydrogen-bond acceptors (Lipinski definition) is 3. The van der Waals surface area contributed by atoms with Gasteiger partial charge in [0.15, 0.2) is 5.76 Å². The number of hydrogen-bond donors (Lipinski definition) is 2. The van der Waals surface area contributed by atoms with Gasteiger partial charge in [0.2, 0.25) is 0 Å². The summed E-state index contributed by atoms with van der Waals surface area (Å²) in [7, 11) is 0. The van der Waals surface area contributed by atoms with E-state index in [1.165, 1.54) is 5.57 Å². The fraction of sp³-hybridized carbons (Fsp3) is 0.462. The van der Waals surface area contributed by atoms with Crippen LogP contribution in [0, 0.1) is 13.8 Å². The van der Waals surface area contributed by atoms with Crippen LogP contribution in [0.4, 0.5) is 0 Å². The molecule has 0 aromatic carbocycles. The van der Waals surface area contributed by atoms with Gasteiger partial charge < -0.3 is 15.1 Å². The summed E-state index contributed by atoms with van der Waals surface area (Å²) in [6, 6.07) is 1.87. The van der Waals surface area contributed by atoms with E-state index >= 15 is 0 Å². The number of carbonyl (C=O) groups excluding carboxylic acids is 1. The highest BCUT2D eigenvalue weighted by Gasteiger charge is 2.14. The molecule has 0 fully saturated rings. The Balaban J connectivity index is 1.93. The van der Waals surface area contributed by atoms with Gasteiger partial charge in [-0.2, -0.15) is 0 Å². The van der Waals surface area contributed by atoms with E-state index in [9.17, 15) is 4.79 Å². The highest BCUT2D eigenvalue weighted by molar-refractivity contribution is 5.93. The minimum Gasteiger partial charge on any atom is -0.456 e. The molecule has 0 atom stereocenters. The average molecular weight is 234 g/mol. The third-order valence-electron chi connectivity index (χ3n) is 2.88. The summed E-state index contributed by atoms with van der Waals surface area (Å²) in [5.74, 6) is 1.07. The number of furan rings is 1. The molecule has 0 saturated heterocycles. The van der Waals surface area contributed by atoms with Crippen molar-refractivity contribution < 1.29 is 9.21 Å². The Kier molecular flexibility index (Phi) is 3.64. The lowest BCUT2D eigenvalue weighted by atomic mass is 10.1. The smallest absolute Gasteiger partial charge is 0.287 e. The lowest BCUT2D eigenvalue weighted by Gasteiger charge is -2.14. The van der Waals surface area contributed by atoms with E-state index in [0.29, 0.717) is 12.3 Å². The van der Waals surface area contributed by atoms with Crippen molar-refractivity contribution in [2.45, 2.75) is 20.3 Å². The third-order valence-corrected chi connectivity index (χ3v) is 2.88. The van der Waals surface area contributed by atoms with Crippen molar-refractivity contribution in [3.05, 3.63) is 34.8 Å². The van der Waals surface area contributed by atoms with Crippen molar-refractivity contribution >= 4 is 5.91 Å². The van der Waals surface area contributed by atoms with Crippen molar-refractivity contribution in [1.82, 2.24) is 10.6 Å². The number of rotatable bonds is 3. The van der Waals surface area contributed by atoms with E-state index in [1.54, 1.807) is 0 Å². The van der Waals surface area contributed by atoms with Crippen molar-refractivity contribution in [1.29, 1.82) is 0 Å². The van der Waals surface area contributed by atoms with E-state index in [1.807, 2.05) is 19.9 Å². The predicted molar refractivity (Wildman–Crippen MR) is 66.1 cm³/mol. The first-order valence-corrected chi connectivity index (χ1v) is 5.90. The topological polar surface area (TPSA) is 54.3 Å². The minimum absolute atomic E-state index is 0.130. The van der Waals surface area contributed by atoms with E-state index in [2.05, 4.69) is 16.7 Å². The third kappa shape index (κ3) is 2.97. The van der Waals surface area contributed by atoms with Gasteiger partial charge in [0.05, 0.1) is 0 Å². The van der Waals surface area contributed by atoms with Gasteiger partial charge in [0.25, 0.3) is 5.91 Å². The van der Waals surface area contributed by atoms with Gasteiger partial charge in [-0.25, -0.2) is 0 Å². The maximum atomic E-state index is 11.9. The highest BCUT2D eigenvalue weighted by Crippen LogP contribution is 2.13. The summed E-state index contributed by atoms with van der Waals surface area (Å²) >= 11 is 0. The molecular weight excluding hydrogens is 216 g/mol. The van der Waals surface area contributed by atoms with Crippen molar-refractivity contribution in [2.24, 2.45) is 0 Å². The molecule has 1 aliphatic rings. The van der Waals surface area contributed by atoms with Crippen LogP contribution in [0.3, 0.4) is 0 Å². The standard InChI is InChI=1S/C13H18N2O2/c1-9-7-10(2)17-12(9)13(16)15-8-11-3-5-14-6-4-11/h3,7,14H,4-6,8H2,1-2H3,(H,15,16). The summed E-state index contributed by atoms with van der Waals surface area (Å²) in [5.41, 5.74) is 2.16. The first-order valence-electron chi connectivity index (χ1n) is 5.90. The summed E-state index contributed by atoms with van der Waals surface area (Å²) in [4.78, 5) is 11.9. The maximum absolute atomic E-state index is 11.9. The average Bonchev–Trinajstić information content (AvgIpc) is 2.67. The van der Waals surface area contributed by atoms with Crippen molar-refractivity contribution in [2.75, 3.05) is 19.6 Å². The molecule has 0 bridgehead atoms. The van der Waals surface area contributed by atoms with Crippen LogP contribution in [0.25, 0.3) is 0 Å². The zero-order valence-electron chi connectivity index (χ0n) is 10.3. The molecule has 1 aromatic rings. The normalized spacial score (nSPS) is 15.5. The molecule has 2 rings (SSSR count). The van der Waals surface area contributed by atoms with Crippen LogP contribution in [0.15, 0.2) is 22.1 Å². The maximum Gasteiger partial charge on any atom is 0.287 e.